The number of aliphatic hydroxyl groups is 1. The molecule has 3 aromatic rings. The molecule has 33 heavy (non-hydrogen) atoms. The number of carbonyl (C=O) groups is 2. The molecule has 0 bridgehead atoms. The highest BCUT2D eigenvalue weighted by molar-refractivity contribution is 6.51. The molecule has 3 aromatic carbocycles. The molecule has 0 unspecified atom stereocenters. The molecular formula is C26H23ClN2O4. The number of aliphatic hydroxyl groups excluding tert-OH is 1. The molecule has 1 N–H and O–H groups in total. The predicted octanol–water partition coefficient (Wildman–Crippen LogP) is 5.04. The van der Waals surface area contributed by atoms with Crippen LogP contribution in [0.5, 0.6) is 5.75 Å². The Morgan fingerprint density at radius 3 is 2.09 bits per heavy atom. The summed E-state index contributed by atoms with van der Waals surface area (Å²) < 4.78 is 5.25. The molecule has 1 heterocycles. The van der Waals surface area contributed by atoms with Gasteiger partial charge in [-0.1, -0.05) is 23.7 Å². The van der Waals surface area contributed by atoms with Gasteiger partial charge >= 0.3 is 0 Å². The lowest BCUT2D eigenvalue weighted by Gasteiger charge is -2.26. The molecular weight excluding hydrogens is 440 g/mol. The first-order valence-electron chi connectivity index (χ1n) is 10.3. The molecule has 1 amide bonds. The van der Waals surface area contributed by atoms with Crippen LogP contribution in [0.1, 0.15) is 17.2 Å². The lowest BCUT2D eigenvalue weighted by atomic mass is 9.95. The van der Waals surface area contributed by atoms with Gasteiger partial charge in [0.05, 0.1) is 18.7 Å². The minimum absolute atomic E-state index is 0.0178. The number of benzene rings is 3. The van der Waals surface area contributed by atoms with Crippen LogP contribution in [0.2, 0.25) is 5.02 Å². The summed E-state index contributed by atoms with van der Waals surface area (Å²) in [4.78, 5) is 29.8. The van der Waals surface area contributed by atoms with Crippen molar-refractivity contribution in [3.8, 4) is 5.75 Å². The van der Waals surface area contributed by atoms with Gasteiger partial charge in [-0.25, -0.2) is 0 Å². The number of ether oxygens (including phenoxy) is 1. The number of methoxy groups -OCH3 is 1. The Hall–Kier alpha value is -3.77. The van der Waals surface area contributed by atoms with E-state index in [1.807, 2.05) is 31.1 Å². The van der Waals surface area contributed by atoms with Crippen LogP contribution in [0.25, 0.3) is 5.76 Å². The first kappa shape index (κ1) is 22.4. The van der Waals surface area contributed by atoms with Crippen molar-refractivity contribution in [1.29, 1.82) is 0 Å². The molecule has 6 nitrogen and oxygen atoms in total. The van der Waals surface area contributed by atoms with Crippen LogP contribution in [0, 0.1) is 0 Å². The van der Waals surface area contributed by atoms with E-state index < -0.39 is 17.7 Å². The zero-order valence-corrected chi connectivity index (χ0v) is 19.2. The van der Waals surface area contributed by atoms with Gasteiger partial charge in [0.2, 0.25) is 0 Å². The second-order valence-corrected chi connectivity index (χ2v) is 8.30. The summed E-state index contributed by atoms with van der Waals surface area (Å²) in [5, 5.41) is 11.6. The van der Waals surface area contributed by atoms with Crippen molar-refractivity contribution < 1.29 is 19.4 Å². The molecule has 1 aliphatic rings. The molecule has 4 rings (SSSR count). The van der Waals surface area contributed by atoms with E-state index in [1.54, 1.807) is 67.8 Å². The normalized spacial score (nSPS) is 17.3. The third-order valence-corrected chi connectivity index (χ3v) is 5.89. The fourth-order valence-corrected chi connectivity index (χ4v) is 4.00. The van der Waals surface area contributed by atoms with Crippen molar-refractivity contribution >= 4 is 40.4 Å². The summed E-state index contributed by atoms with van der Waals surface area (Å²) in [5.74, 6) is -1.06. The first-order valence-corrected chi connectivity index (χ1v) is 10.7. The number of hydrogen-bond donors (Lipinski definition) is 1. The van der Waals surface area contributed by atoms with E-state index in [2.05, 4.69) is 0 Å². The average molecular weight is 463 g/mol. The summed E-state index contributed by atoms with van der Waals surface area (Å²) in [5.41, 5.74) is 2.60. The number of anilines is 2. The maximum atomic E-state index is 13.2. The summed E-state index contributed by atoms with van der Waals surface area (Å²) in [6.07, 6.45) is 0. The number of amides is 1. The average Bonchev–Trinajstić information content (AvgIpc) is 3.09. The SMILES string of the molecule is COc1ccc([C@@H]2/C(=C(\O)c3ccc(Cl)cc3)C(=O)C(=O)N2c2ccc(N(C)C)cc2)cc1. The van der Waals surface area contributed by atoms with Crippen molar-refractivity contribution in [2.75, 3.05) is 31.0 Å². The molecule has 168 valence electrons. The van der Waals surface area contributed by atoms with Crippen LogP contribution >= 0.6 is 11.6 Å². The van der Waals surface area contributed by atoms with Crippen molar-refractivity contribution in [3.63, 3.8) is 0 Å². The quantitative estimate of drug-likeness (QED) is 0.327. The molecule has 0 aromatic heterocycles. The van der Waals surface area contributed by atoms with Gasteiger partial charge in [0.25, 0.3) is 11.7 Å². The van der Waals surface area contributed by atoms with Crippen molar-refractivity contribution in [2.45, 2.75) is 6.04 Å². The van der Waals surface area contributed by atoms with Crippen molar-refractivity contribution in [2.24, 2.45) is 0 Å². The number of Topliss-reactive ketones (excluding diaryl/α,β-unsaturated/α-hetero) is 1. The topological polar surface area (TPSA) is 70.1 Å². The molecule has 1 atom stereocenters. The Morgan fingerprint density at radius 1 is 0.939 bits per heavy atom. The maximum absolute atomic E-state index is 13.2. The zero-order valence-electron chi connectivity index (χ0n) is 18.4. The molecule has 1 saturated heterocycles. The fourth-order valence-electron chi connectivity index (χ4n) is 3.88. The minimum atomic E-state index is -0.809. The Balaban J connectivity index is 1.89. The van der Waals surface area contributed by atoms with E-state index in [0.29, 0.717) is 27.6 Å². The highest BCUT2D eigenvalue weighted by Crippen LogP contribution is 2.42. The molecule has 0 spiro atoms. The molecule has 7 heteroatoms. The van der Waals surface area contributed by atoms with Gasteiger partial charge in [-0.15, -0.1) is 0 Å². The highest BCUT2D eigenvalue weighted by Gasteiger charge is 2.47. The largest absolute Gasteiger partial charge is 0.507 e. The van der Waals surface area contributed by atoms with Gasteiger partial charge in [-0.05, 0) is 66.2 Å². The molecule has 1 fully saturated rings. The van der Waals surface area contributed by atoms with Gasteiger partial charge in [0, 0.05) is 36.1 Å². The predicted molar refractivity (Wildman–Crippen MR) is 130 cm³/mol. The van der Waals surface area contributed by atoms with Gasteiger partial charge in [-0.3, -0.25) is 14.5 Å². The van der Waals surface area contributed by atoms with Crippen molar-refractivity contribution in [1.82, 2.24) is 0 Å². The standard InChI is InChI=1S/C26H23ClN2O4/c1-28(2)19-10-12-20(13-11-19)29-23(16-6-14-21(33-3)15-7-16)22(25(31)26(29)32)24(30)17-4-8-18(27)9-5-17/h4-15,23,30H,1-3H3/b24-22+/t23-/m1/s1. The van der Waals surface area contributed by atoms with Crippen LogP contribution in [-0.2, 0) is 9.59 Å². The van der Waals surface area contributed by atoms with Crippen LogP contribution in [0.4, 0.5) is 11.4 Å². The van der Waals surface area contributed by atoms with E-state index in [-0.39, 0.29) is 11.3 Å². The number of ketones is 1. The van der Waals surface area contributed by atoms with Gasteiger partial charge < -0.3 is 14.7 Å². The number of carbonyl (C=O) groups excluding carboxylic acids is 2. The molecule has 0 aliphatic carbocycles. The summed E-state index contributed by atoms with van der Waals surface area (Å²) in [6.45, 7) is 0. The third kappa shape index (κ3) is 4.17. The van der Waals surface area contributed by atoms with Gasteiger partial charge in [-0.2, -0.15) is 0 Å². The summed E-state index contributed by atoms with van der Waals surface area (Å²) in [7, 11) is 5.41. The zero-order chi connectivity index (χ0) is 23.7. The lowest BCUT2D eigenvalue weighted by molar-refractivity contribution is -0.132. The highest BCUT2D eigenvalue weighted by atomic mass is 35.5. The van der Waals surface area contributed by atoms with Crippen LogP contribution < -0.4 is 14.5 Å². The Kier molecular flexibility index (Phi) is 6.11. The van der Waals surface area contributed by atoms with Gasteiger partial charge in [0.15, 0.2) is 0 Å². The number of rotatable bonds is 5. The van der Waals surface area contributed by atoms with E-state index in [0.717, 1.165) is 5.69 Å². The Bertz CT molecular complexity index is 1220. The van der Waals surface area contributed by atoms with E-state index in [9.17, 15) is 14.7 Å². The smallest absolute Gasteiger partial charge is 0.300 e. The van der Waals surface area contributed by atoms with Crippen molar-refractivity contribution in [3.05, 3.63) is 94.5 Å². The molecule has 0 saturated carbocycles. The van der Waals surface area contributed by atoms with Gasteiger partial charge in [0.1, 0.15) is 11.5 Å². The summed E-state index contributed by atoms with van der Waals surface area (Å²) >= 11 is 5.98. The van der Waals surface area contributed by atoms with E-state index >= 15 is 0 Å². The second-order valence-electron chi connectivity index (χ2n) is 7.86. The molecule has 1 aliphatic heterocycles. The monoisotopic (exact) mass is 462 g/mol. The van der Waals surface area contributed by atoms with E-state index in [1.165, 1.54) is 4.90 Å². The summed E-state index contributed by atoms with van der Waals surface area (Å²) in [6, 6.07) is 20.1. The van der Waals surface area contributed by atoms with E-state index in [4.69, 9.17) is 16.3 Å². The second kappa shape index (κ2) is 9.00. The minimum Gasteiger partial charge on any atom is -0.507 e. The van der Waals surface area contributed by atoms with Crippen LogP contribution in [0.15, 0.2) is 78.4 Å². The number of hydrogen-bond acceptors (Lipinski definition) is 5. The first-order chi connectivity index (χ1) is 15.8. The molecule has 0 radical (unpaired) electrons. The lowest BCUT2D eigenvalue weighted by Crippen LogP contribution is -2.29. The Morgan fingerprint density at radius 2 is 1.55 bits per heavy atom. The van der Waals surface area contributed by atoms with Crippen LogP contribution in [0.3, 0.4) is 0 Å². The van der Waals surface area contributed by atoms with Crippen LogP contribution in [-0.4, -0.2) is 38.0 Å². The number of nitrogens with zero attached hydrogens (tertiary/aromatic N) is 2. The Labute approximate surface area is 197 Å². The fraction of sp³-hybridized carbons (Fsp3) is 0.154. The maximum Gasteiger partial charge on any atom is 0.300 e. The number of halogens is 1. The third-order valence-electron chi connectivity index (χ3n) is 5.64.